The summed E-state index contributed by atoms with van der Waals surface area (Å²) in [5.74, 6) is 0.00820. The van der Waals surface area contributed by atoms with E-state index in [1.54, 1.807) is 0 Å². The largest absolute Gasteiger partial charge is 0.352 e. The van der Waals surface area contributed by atoms with Crippen LogP contribution in [0, 0.1) is 0 Å². The average Bonchev–Trinajstić information content (AvgIpc) is 2.03. The van der Waals surface area contributed by atoms with Crippen LogP contribution < -0.4 is 5.32 Å². The molecule has 2 heteroatoms. The van der Waals surface area contributed by atoms with Crippen LogP contribution in [0.1, 0.15) is 13.9 Å². The maximum atomic E-state index is 10.5. The number of amides is 1. The van der Waals surface area contributed by atoms with Crippen molar-refractivity contribution in [1.82, 2.24) is 5.32 Å². The predicted molar refractivity (Wildman–Crippen MR) is 46.1 cm³/mol. The van der Waals surface area contributed by atoms with E-state index in [1.807, 2.05) is 30.3 Å². The third-order valence-electron chi connectivity index (χ3n) is 1.38. The van der Waals surface area contributed by atoms with E-state index in [9.17, 15) is 4.79 Å². The van der Waals surface area contributed by atoms with Crippen molar-refractivity contribution in [2.45, 2.75) is 13.5 Å². The van der Waals surface area contributed by atoms with Gasteiger partial charge in [-0.05, 0) is 5.56 Å². The zero-order valence-electron chi connectivity index (χ0n) is 6.50. The molecule has 0 heterocycles. The zero-order valence-corrected chi connectivity index (χ0v) is 6.50. The normalized spacial score (nSPS) is 9.18. The van der Waals surface area contributed by atoms with Crippen LogP contribution >= 0.6 is 0 Å². The van der Waals surface area contributed by atoms with E-state index in [4.69, 9.17) is 0 Å². The molecule has 0 saturated carbocycles. The molecule has 1 amide bonds. The third-order valence-corrected chi connectivity index (χ3v) is 1.38. The van der Waals surface area contributed by atoms with E-state index >= 15 is 0 Å². The molecule has 0 aliphatic rings. The molecule has 1 aromatic carbocycles. The number of nitrogens with one attached hydrogen (secondary N) is 1. The SMILES string of the molecule is CC(=O)NCc1ccccc1.[HH]. The van der Waals surface area contributed by atoms with Crippen molar-refractivity contribution in [1.29, 1.82) is 0 Å². The van der Waals surface area contributed by atoms with Gasteiger partial charge in [-0.1, -0.05) is 30.3 Å². The monoisotopic (exact) mass is 151 g/mol. The second-order valence-electron chi connectivity index (χ2n) is 2.40. The first-order chi connectivity index (χ1) is 5.29. The number of benzene rings is 1. The first-order valence-corrected chi connectivity index (χ1v) is 3.57. The molecule has 1 rings (SSSR count). The van der Waals surface area contributed by atoms with Gasteiger partial charge in [0, 0.05) is 14.9 Å². The minimum Gasteiger partial charge on any atom is -0.352 e. The number of hydrogen-bond donors (Lipinski definition) is 1. The summed E-state index contributed by atoms with van der Waals surface area (Å²) in [5, 5.41) is 2.72. The molecule has 0 aliphatic carbocycles. The first-order valence-electron chi connectivity index (χ1n) is 3.57. The highest BCUT2D eigenvalue weighted by molar-refractivity contribution is 5.72. The van der Waals surface area contributed by atoms with Crippen LogP contribution in [-0.2, 0) is 11.3 Å². The summed E-state index contributed by atoms with van der Waals surface area (Å²) in [5.41, 5.74) is 1.13. The number of carbonyl (C=O) groups excluding carboxylic acids is 1. The molecule has 1 N–H and O–H groups in total. The van der Waals surface area contributed by atoms with Gasteiger partial charge >= 0.3 is 0 Å². The number of rotatable bonds is 2. The minimum absolute atomic E-state index is 0. The van der Waals surface area contributed by atoms with Crippen LogP contribution in [0.4, 0.5) is 0 Å². The molecule has 0 radical (unpaired) electrons. The molecule has 2 nitrogen and oxygen atoms in total. The van der Waals surface area contributed by atoms with Crippen molar-refractivity contribution in [3.05, 3.63) is 35.9 Å². The Morgan fingerprint density at radius 1 is 1.45 bits per heavy atom. The summed E-state index contributed by atoms with van der Waals surface area (Å²) in [6.45, 7) is 2.14. The highest BCUT2D eigenvalue weighted by Crippen LogP contribution is 1.96. The van der Waals surface area contributed by atoms with Gasteiger partial charge in [0.15, 0.2) is 0 Å². The Balaban J connectivity index is 0.00000121. The van der Waals surface area contributed by atoms with Crippen LogP contribution in [0.3, 0.4) is 0 Å². The van der Waals surface area contributed by atoms with Gasteiger partial charge in [-0.2, -0.15) is 0 Å². The number of carbonyl (C=O) groups is 1. The molecule has 0 aliphatic heterocycles. The van der Waals surface area contributed by atoms with Gasteiger partial charge in [0.05, 0.1) is 0 Å². The average molecular weight is 151 g/mol. The predicted octanol–water partition coefficient (Wildman–Crippen LogP) is 1.57. The van der Waals surface area contributed by atoms with Crippen LogP contribution in [0.2, 0.25) is 0 Å². The molecule has 0 saturated heterocycles. The molecule has 0 spiro atoms. The lowest BCUT2D eigenvalue weighted by molar-refractivity contribution is -0.119. The summed E-state index contributed by atoms with van der Waals surface area (Å²) in [7, 11) is 0. The van der Waals surface area contributed by atoms with Gasteiger partial charge in [0.1, 0.15) is 0 Å². The fourth-order valence-corrected chi connectivity index (χ4v) is 0.822. The molecule has 11 heavy (non-hydrogen) atoms. The smallest absolute Gasteiger partial charge is 0.217 e. The Bertz CT molecular complexity index is 236. The van der Waals surface area contributed by atoms with Gasteiger partial charge in [0.2, 0.25) is 5.91 Å². The molecule has 0 fully saturated rings. The fraction of sp³-hybridized carbons (Fsp3) is 0.222. The quantitative estimate of drug-likeness (QED) is 0.683. The molecule has 0 aromatic heterocycles. The summed E-state index contributed by atoms with van der Waals surface area (Å²) in [6, 6.07) is 9.83. The Labute approximate surface area is 67.7 Å². The maximum absolute atomic E-state index is 10.5. The molecule has 0 bridgehead atoms. The fourth-order valence-electron chi connectivity index (χ4n) is 0.822. The topological polar surface area (TPSA) is 29.1 Å². The summed E-state index contributed by atoms with van der Waals surface area (Å²) >= 11 is 0. The second kappa shape index (κ2) is 3.76. The third kappa shape index (κ3) is 2.85. The van der Waals surface area contributed by atoms with Crippen molar-refractivity contribution >= 4 is 5.91 Å². The van der Waals surface area contributed by atoms with Crippen LogP contribution in [0.5, 0.6) is 0 Å². The van der Waals surface area contributed by atoms with E-state index < -0.39 is 0 Å². The minimum atomic E-state index is 0. The molecular formula is C9H13NO. The van der Waals surface area contributed by atoms with E-state index in [1.165, 1.54) is 6.92 Å². The van der Waals surface area contributed by atoms with Crippen molar-refractivity contribution in [2.75, 3.05) is 0 Å². The van der Waals surface area contributed by atoms with Crippen LogP contribution in [0.25, 0.3) is 0 Å². The van der Waals surface area contributed by atoms with Gasteiger partial charge in [-0.3, -0.25) is 4.79 Å². The van der Waals surface area contributed by atoms with Gasteiger partial charge in [-0.25, -0.2) is 0 Å². The molecule has 60 valence electrons. The molecule has 0 atom stereocenters. The lowest BCUT2D eigenvalue weighted by atomic mass is 10.2. The molecule has 0 unspecified atom stereocenters. The summed E-state index contributed by atoms with van der Waals surface area (Å²) in [6.07, 6.45) is 0. The van der Waals surface area contributed by atoms with Crippen molar-refractivity contribution in [3.63, 3.8) is 0 Å². The van der Waals surface area contributed by atoms with Gasteiger partial charge < -0.3 is 5.32 Å². The summed E-state index contributed by atoms with van der Waals surface area (Å²) < 4.78 is 0. The summed E-state index contributed by atoms with van der Waals surface area (Å²) in [4.78, 5) is 10.5. The lowest BCUT2D eigenvalue weighted by Crippen LogP contribution is -2.18. The van der Waals surface area contributed by atoms with Crippen molar-refractivity contribution < 1.29 is 6.22 Å². The van der Waals surface area contributed by atoms with Crippen molar-refractivity contribution in [2.24, 2.45) is 0 Å². The maximum Gasteiger partial charge on any atom is 0.217 e. The first kappa shape index (κ1) is 7.79. The van der Waals surface area contributed by atoms with E-state index in [-0.39, 0.29) is 7.33 Å². The van der Waals surface area contributed by atoms with E-state index in [2.05, 4.69) is 5.32 Å². The molecule has 1 aromatic rings. The van der Waals surface area contributed by atoms with Gasteiger partial charge in [-0.15, -0.1) is 0 Å². The molecular weight excluding hydrogens is 138 g/mol. The highest BCUT2D eigenvalue weighted by Gasteiger charge is 1.91. The highest BCUT2D eigenvalue weighted by atomic mass is 16.1. The number of hydrogen-bond acceptors (Lipinski definition) is 1. The Morgan fingerprint density at radius 2 is 2.09 bits per heavy atom. The zero-order chi connectivity index (χ0) is 8.10. The van der Waals surface area contributed by atoms with Gasteiger partial charge in [0.25, 0.3) is 0 Å². The second-order valence-corrected chi connectivity index (χ2v) is 2.40. The lowest BCUT2D eigenvalue weighted by Gasteiger charge is -2.00. The van der Waals surface area contributed by atoms with Crippen LogP contribution in [-0.4, -0.2) is 5.91 Å². The standard InChI is InChI=1S/C9H11NO.H2/c1-8(11)10-7-9-5-3-2-4-6-9;/h2-6H,7H2,1H3,(H,10,11);1H. The van der Waals surface area contributed by atoms with Crippen molar-refractivity contribution in [3.8, 4) is 0 Å². The Kier molecular flexibility index (Phi) is 2.66. The van der Waals surface area contributed by atoms with E-state index in [0.717, 1.165) is 5.56 Å². The van der Waals surface area contributed by atoms with Crippen LogP contribution in [0.15, 0.2) is 30.3 Å². The van der Waals surface area contributed by atoms with E-state index in [0.29, 0.717) is 6.54 Å². The Hall–Kier alpha value is -1.31. The Morgan fingerprint density at radius 3 is 2.64 bits per heavy atom.